The van der Waals surface area contributed by atoms with E-state index in [1.165, 1.54) is 6.33 Å². The lowest BCUT2D eigenvalue weighted by molar-refractivity contribution is 0.00691. The van der Waals surface area contributed by atoms with Crippen molar-refractivity contribution in [1.82, 2.24) is 20.2 Å². The van der Waals surface area contributed by atoms with Gasteiger partial charge in [-0.15, -0.1) is 0 Å². The second-order valence-electron chi connectivity index (χ2n) is 15.8. The highest BCUT2D eigenvalue weighted by molar-refractivity contribution is 5.91. The first kappa shape index (κ1) is 41.0. The summed E-state index contributed by atoms with van der Waals surface area (Å²) in [6.45, 7) is 11.4. The molecule has 1 heterocycles. The Bertz CT molecular complexity index is 2220. The van der Waals surface area contributed by atoms with Crippen molar-refractivity contribution in [2.24, 2.45) is 0 Å². The molecule has 0 atom stereocenters. The van der Waals surface area contributed by atoms with Crippen molar-refractivity contribution >= 4 is 41.2 Å². The van der Waals surface area contributed by atoms with Crippen molar-refractivity contribution in [1.29, 1.82) is 0 Å². The number of methoxy groups -OCH3 is 1. The highest BCUT2D eigenvalue weighted by Crippen LogP contribution is 2.44. The molecule has 58 heavy (non-hydrogen) atoms. The predicted molar refractivity (Wildman–Crippen MR) is 223 cm³/mol. The Morgan fingerprint density at radius 2 is 1.40 bits per heavy atom. The SMILES string of the molecule is COc1ccc(CN(CCNC(=O)OC(C)(C)C)C(=O)OCC2c3ccccc3-c3ccccc32)cc1Nc1cc(Nc2cccc(C(=O)OC(C)(C)C)c2)ncn1. The minimum absolute atomic E-state index is 0.115. The molecule has 0 aliphatic heterocycles. The average molecular weight is 787 g/mol. The molecule has 0 spiro atoms. The van der Waals surface area contributed by atoms with Gasteiger partial charge in [-0.05, 0) is 99.7 Å². The Morgan fingerprint density at radius 3 is 2.05 bits per heavy atom. The topological polar surface area (TPSA) is 153 Å². The molecule has 1 aliphatic carbocycles. The van der Waals surface area contributed by atoms with Crippen molar-refractivity contribution in [3.8, 4) is 16.9 Å². The molecule has 1 aromatic heterocycles. The van der Waals surface area contributed by atoms with E-state index in [0.29, 0.717) is 34.3 Å². The Labute approximate surface area is 339 Å². The highest BCUT2D eigenvalue weighted by Gasteiger charge is 2.30. The maximum atomic E-state index is 13.9. The number of rotatable bonds is 13. The molecule has 4 aromatic carbocycles. The lowest BCUT2D eigenvalue weighted by atomic mass is 9.98. The predicted octanol–water partition coefficient (Wildman–Crippen LogP) is 9.20. The first-order valence-corrected chi connectivity index (χ1v) is 19.1. The summed E-state index contributed by atoms with van der Waals surface area (Å²) < 4.78 is 22.6. The van der Waals surface area contributed by atoms with Crippen LogP contribution in [0.5, 0.6) is 5.75 Å². The second kappa shape index (κ2) is 17.7. The number of hydrogen-bond acceptors (Lipinski definition) is 11. The van der Waals surface area contributed by atoms with Gasteiger partial charge in [-0.25, -0.2) is 24.4 Å². The Kier molecular flexibility index (Phi) is 12.5. The van der Waals surface area contributed by atoms with Gasteiger partial charge in [0.25, 0.3) is 0 Å². The van der Waals surface area contributed by atoms with Gasteiger partial charge in [0, 0.05) is 37.3 Å². The summed E-state index contributed by atoms with van der Waals surface area (Å²) >= 11 is 0. The largest absolute Gasteiger partial charge is 0.495 e. The van der Waals surface area contributed by atoms with Gasteiger partial charge in [0.05, 0.1) is 18.4 Å². The van der Waals surface area contributed by atoms with Crippen LogP contribution in [-0.2, 0) is 20.8 Å². The molecule has 302 valence electrons. The van der Waals surface area contributed by atoms with Crippen LogP contribution < -0.4 is 20.7 Å². The van der Waals surface area contributed by atoms with Crippen molar-refractivity contribution < 1.29 is 33.3 Å². The van der Waals surface area contributed by atoms with Gasteiger partial charge in [-0.3, -0.25) is 0 Å². The summed E-state index contributed by atoms with van der Waals surface area (Å²) in [6, 6.07) is 30.6. The quantitative estimate of drug-likeness (QED) is 0.0773. The van der Waals surface area contributed by atoms with Gasteiger partial charge >= 0.3 is 18.2 Å². The van der Waals surface area contributed by atoms with E-state index >= 15 is 0 Å². The minimum atomic E-state index is -0.670. The van der Waals surface area contributed by atoms with Crippen LogP contribution in [0.3, 0.4) is 0 Å². The minimum Gasteiger partial charge on any atom is -0.495 e. The van der Waals surface area contributed by atoms with Gasteiger partial charge in [-0.1, -0.05) is 60.7 Å². The van der Waals surface area contributed by atoms with E-state index in [0.717, 1.165) is 27.8 Å². The van der Waals surface area contributed by atoms with Gasteiger partial charge in [-0.2, -0.15) is 0 Å². The first-order valence-electron chi connectivity index (χ1n) is 19.1. The van der Waals surface area contributed by atoms with Crippen molar-refractivity contribution in [2.75, 3.05) is 37.4 Å². The van der Waals surface area contributed by atoms with Crippen LogP contribution in [0.15, 0.2) is 103 Å². The van der Waals surface area contributed by atoms with Gasteiger partial charge in [0.2, 0.25) is 0 Å². The zero-order chi connectivity index (χ0) is 41.5. The normalized spacial score (nSPS) is 12.1. The summed E-state index contributed by atoms with van der Waals surface area (Å²) in [5.74, 6) is 0.945. The van der Waals surface area contributed by atoms with Gasteiger partial charge in [0.15, 0.2) is 0 Å². The average Bonchev–Trinajstić information content (AvgIpc) is 3.49. The fourth-order valence-electron chi connectivity index (χ4n) is 6.54. The van der Waals surface area contributed by atoms with E-state index in [2.05, 4.69) is 50.2 Å². The van der Waals surface area contributed by atoms with Gasteiger partial charge < -0.3 is 39.8 Å². The molecule has 0 saturated heterocycles. The van der Waals surface area contributed by atoms with Crippen molar-refractivity contribution in [2.45, 2.75) is 65.2 Å². The van der Waals surface area contributed by atoms with Crippen LogP contribution in [0.4, 0.5) is 32.6 Å². The number of aromatic nitrogens is 2. The Morgan fingerprint density at radius 1 is 0.741 bits per heavy atom. The number of benzene rings is 4. The summed E-state index contributed by atoms with van der Waals surface area (Å²) in [4.78, 5) is 49.4. The molecule has 0 unspecified atom stereocenters. The second-order valence-corrected chi connectivity index (χ2v) is 15.8. The maximum Gasteiger partial charge on any atom is 0.410 e. The molecular weight excluding hydrogens is 737 g/mol. The maximum absolute atomic E-state index is 13.9. The summed E-state index contributed by atoms with van der Waals surface area (Å²) in [5.41, 5.74) is 5.60. The van der Waals surface area contributed by atoms with E-state index in [4.69, 9.17) is 18.9 Å². The number of anilines is 4. The zero-order valence-corrected chi connectivity index (χ0v) is 33.9. The van der Waals surface area contributed by atoms with E-state index in [-0.39, 0.29) is 32.2 Å². The molecule has 1 aliphatic rings. The number of hydrogen-bond donors (Lipinski definition) is 3. The number of fused-ring (bicyclic) bond motifs is 3. The Balaban J connectivity index is 1.18. The monoisotopic (exact) mass is 786 g/mol. The number of ether oxygens (including phenoxy) is 4. The van der Waals surface area contributed by atoms with Crippen LogP contribution in [0, 0.1) is 0 Å². The van der Waals surface area contributed by atoms with E-state index in [1.807, 2.05) is 63.2 Å². The molecule has 2 amide bonds. The zero-order valence-electron chi connectivity index (χ0n) is 33.9. The molecule has 0 bridgehead atoms. The molecule has 6 rings (SSSR count). The van der Waals surface area contributed by atoms with Crippen LogP contribution in [0.2, 0.25) is 0 Å². The molecular formula is C45H50N6O7. The number of nitrogens with zero attached hydrogens (tertiary/aromatic N) is 3. The number of carbonyl (C=O) groups excluding carboxylic acids is 3. The molecule has 0 saturated carbocycles. The summed E-state index contributed by atoms with van der Waals surface area (Å²) in [6.07, 6.45) is 0.306. The third-order valence-corrected chi connectivity index (χ3v) is 8.98. The molecule has 13 heteroatoms. The number of alkyl carbamates (subject to hydrolysis) is 1. The fraction of sp³-hybridized carbons (Fsp3) is 0.311. The lowest BCUT2D eigenvalue weighted by Gasteiger charge is -2.25. The summed E-state index contributed by atoms with van der Waals surface area (Å²) in [5, 5.41) is 9.28. The third kappa shape index (κ3) is 10.8. The Hall–Kier alpha value is -6.63. The number of esters is 1. The molecule has 13 nitrogen and oxygen atoms in total. The van der Waals surface area contributed by atoms with Crippen LogP contribution >= 0.6 is 0 Å². The fourth-order valence-corrected chi connectivity index (χ4v) is 6.54. The molecule has 0 radical (unpaired) electrons. The van der Waals surface area contributed by atoms with Gasteiger partial charge in [0.1, 0.15) is 41.5 Å². The lowest BCUT2D eigenvalue weighted by Crippen LogP contribution is -2.40. The number of nitrogens with one attached hydrogen (secondary N) is 3. The van der Waals surface area contributed by atoms with Crippen LogP contribution in [0.25, 0.3) is 11.1 Å². The summed E-state index contributed by atoms with van der Waals surface area (Å²) in [7, 11) is 1.57. The third-order valence-electron chi connectivity index (χ3n) is 8.98. The molecule has 3 N–H and O–H groups in total. The van der Waals surface area contributed by atoms with E-state index in [9.17, 15) is 14.4 Å². The van der Waals surface area contributed by atoms with E-state index in [1.54, 1.807) is 63.1 Å². The molecule has 5 aromatic rings. The number of carbonyl (C=O) groups is 3. The van der Waals surface area contributed by atoms with Crippen LogP contribution in [-0.4, -0.2) is 71.0 Å². The van der Waals surface area contributed by atoms with Crippen molar-refractivity contribution in [3.05, 3.63) is 126 Å². The smallest absolute Gasteiger partial charge is 0.410 e. The highest BCUT2D eigenvalue weighted by atomic mass is 16.6. The van der Waals surface area contributed by atoms with E-state index < -0.39 is 29.4 Å². The standard InChI is InChI=1S/C45H50N6O7/c1-44(2,3)57-41(52)30-13-12-14-31(24-30)49-39-25-40(48-28-47-39)50-37-23-29(19-20-38(37)55-7)26-51(22-21-46-42(53)58-45(4,5)6)43(54)56-27-36-34-17-10-8-15-32(34)33-16-9-11-18-35(33)36/h8-20,23-25,28,36H,21-22,26-27H2,1-7H3,(H,46,53)(H2,47,48,49,50). The number of amides is 2. The van der Waals surface area contributed by atoms with Crippen molar-refractivity contribution in [3.63, 3.8) is 0 Å². The first-order chi connectivity index (χ1) is 27.7. The van der Waals surface area contributed by atoms with Crippen LogP contribution in [0.1, 0.15) is 74.5 Å². The molecule has 0 fully saturated rings.